The number of anilines is 3. The van der Waals surface area contributed by atoms with Crippen molar-refractivity contribution in [1.82, 2.24) is 9.97 Å². The first kappa shape index (κ1) is 19.0. The van der Waals surface area contributed by atoms with Gasteiger partial charge in [0.25, 0.3) is 0 Å². The van der Waals surface area contributed by atoms with Gasteiger partial charge < -0.3 is 15.4 Å². The van der Waals surface area contributed by atoms with Gasteiger partial charge in [-0.05, 0) is 56.7 Å². The van der Waals surface area contributed by atoms with E-state index < -0.39 is 0 Å². The molecule has 0 amide bonds. The Labute approximate surface area is 164 Å². The van der Waals surface area contributed by atoms with E-state index in [1.807, 2.05) is 75.4 Å². The van der Waals surface area contributed by atoms with E-state index in [2.05, 4.69) is 20.6 Å². The first-order chi connectivity index (χ1) is 13.0. The number of ether oxygens (including phenoxy) is 1. The zero-order chi connectivity index (χ0) is 19.2. The summed E-state index contributed by atoms with van der Waals surface area (Å²) in [6, 6.07) is 17.4. The fraction of sp³-hybridized carbons (Fsp3) is 0.238. The van der Waals surface area contributed by atoms with Gasteiger partial charge in [-0.1, -0.05) is 29.8 Å². The molecule has 0 aliphatic heterocycles. The topological polar surface area (TPSA) is 59.1 Å². The molecule has 0 bridgehead atoms. The first-order valence-electron chi connectivity index (χ1n) is 8.86. The second kappa shape index (κ2) is 8.73. The van der Waals surface area contributed by atoms with E-state index in [1.54, 1.807) is 0 Å². The summed E-state index contributed by atoms with van der Waals surface area (Å²) in [6.07, 6.45) is 0.153. The molecule has 3 rings (SSSR count). The molecule has 140 valence electrons. The van der Waals surface area contributed by atoms with Gasteiger partial charge in [0.2, 0.25) is 0 Å². The van der Waals surface area contributed by atoms with Crippen LogP contribution in [-0.4, -0.2) is 16.1 Å². The highest BCUT2D eigenvalue weighted by atomic mass is 35.5. The molecule has 3 aromatic rings. The largest absolute Gasteiger partial charge is 0.491 e. The summed E-state index contributed by atoms with van der Waals surface area (Å²) in [6.45, 7) is 6.47. The molecule has 1 heterocycles. The molecule has 0 spiro atoms. The summed E-state index contributed by atoms with van der Waals surface area (Å²) in [5.74, 6) is 2.99. The quantitative estimate of drug-likeness (QED) is 0.558. The van der Waals surface area contributed by atoms with E-state index in [4.69, 9.17) is 16.3 Å². The Bertz CT molecular complexity index is 897. The standard InChI is InChI=1S/C21H23ClN4O/c1-14(2)27-18-10-8-17(9-11-18)26-21-12-20(24-15(3)25-21)23-13-16-6-4-5-7-19(16)22/h4-12,14H,13H2,1-3H3,(H2,23,24,25,26). The first-order valence-corrected chi connectivity index (χ1v) is 9.24. The maximum Gasteiger partial charge on any atom is 0.136 e. The molecule has 0 aliphatic rings. The van der Waals surface area contributed by atoms with Gasteiger partial charge in [-0.15, -0.1) is 0 Å². The smallest absolute Gasteiger partial charge is 0.136 e. The summed E-state index contributed by atoms with van der Waals surface area (Å²) < 4.78 is 5.67. The van der Waals surface area contributed by atoms with Crippen LogP contribution in [-0.2, 0) is 6.54 Å². The molecular formula is C21H23ClN4O. The average Bonchev–Trinajstić information content (AvgIpc) is 2.62. The van der Waals surface area contributed by atoms with Gasteiger partial charge in [-0.3, -0.25) is 0 Å². The predicted octanol–water partition coefficient (Wildman–Crippen LogP) is 5.58. The van der Waals surface area contributed by atoms with E-state index >= 15 is 0 Å². The van der Waals surface area contributed by atoms with Crippen LogP contribution in [0.3, 0.4) is 0 Å². The highest BCUT2D eigenvalue weighted by Gasteiger charge is 2.05. The van der Waals surface area contributed by atoms with Crippen molar-refractivity contribution in [3.05, 3.63) is 71.0 Å². The predicted molar refractivity (Wildman–Crippen MR) is 111 cm³/mol. The fourth-order valence-corrected chi connectivity index (χ4v) is 2.79. The number of aromatic nitrogens is 2. The van der Waals surface area contributed by atoms with Crippen molar-refractivity contribution in [2.24, 2.45) is 0 Å². The Hall–Kier alpha value is -2.79. The van der Waals surface area contributed by atoms with Crippen LogP contribution in [0, 0.1) is 6.92 Å². The molecule has 0 saturated carbocycles. The highest BCUT2D eigenvalue weighted by molar-refractivity contribution is 6.31. The molecule has 27 heavy (non-hydrogen) atoms. The Morgan fingerprint density at radius 1 is 1.00 bits per heavy atom. The van der Waals surface area contributed by atoms with Crippen molar-refractivity contribution < 1.29 is 4.74 Å². The van der Waals surface area contributed by atoms with Gasteiger partial charge in [-0.25, -0.2) is 9.97 Å². The van der Waals surface area contributed by atoms with Crippen LogP contribution in [0.5, 0.6) is 5.75 Å². The number of nitrogens with one attached hydrogen (secondary N) is 2. The van der Waals surface area contributed by atoms with Crippen molar-refractivity contribution in [3.8, 4) is 5.75 Å². The molecule has 0 radical (unpaired) electrons. The van der Waals surface area contributed by atoms with Gasteiger partial charge in [-0.2, -0.15) is 0 Å². The molecule has 1 aromatic heterocycles. The second-order valence-electron chi connectivity index (χ2n) is 6.45. The van der Waals surface area contributed by atoms with Crippen molar-refractivity contribution in [2.75, 3.05) is 10.6 Å². The van der Waals surface area contributed by atoms with Crippen molar-refractivity contribution in [3.63, 3.8) is 0 Å². The molecule has 0 unspecified atom stereocenters. The molecule has 6 heteroatoms. The summed E-state index contributed by atoms with van der Waals surface area (Å²) >= 11 is 6.21. The highest BCUT2D eigenvalue weighted by Crippen LogP contribution is 2.22. The monoisotopic (exact) mass is 382 g/mol. The third-order valence-corrected chi connectivity index (χ3v) is 4.12. The molecular weight excluding hydrogens is 360 g/mol. The number of halogens is 1. The van der Waals surface area contributed by atoms with Gasteiger partial charge in [0, 0.05) is 23.3 Å². The Kier molecular flexibility index (Phi) is 6.14. The number of rotatable bonds is 7. The number of benzene rings is 2. The van der Waals surface area contributed by atoms with Crippen molar-refractivity contribution in [1.29, 1.82) is 0 Å². The Morgan fingerprint density at radius 2 is 1.70 bits per heavy atom. The van der Waals surface area contributed by atoms with Gasteiger partial charge >= 0.3 is 0 Å². The number of hydrogen-bond donors (Lipinski definition) is 2. The molecule has 0 saturated heterocycles. The van der Waals surface area contributed by atoms with Crippen LogP contribution in [0.1, 0.15) is 25.2 Å². The summed E-state index contributed by atoms with van der Waals surface area (Å²) in [7, 11) is 0. The van der Waals surface area contributed by atoms with Crippen LogP contribution < -0.4 is 15.4 Å². The fourth-order valence-electron chi connectivity index (χ4n) is 2.59. The minimum Gasteiger partial charge on any atom is -0.491 e. The lowest BCUT2D eigenvalue weighted by atomic mass is 10.2. The lowest BCUT2D eigenvalue weighted by molar-refractivity contribution is 0.242. The molecule has 0 aliphatic carbocycles. The van der Waals surface area contributed by atoms with Crippen LogP contribution in [0.25, 0.3) is 0 Å². The third kappa shape index (κ3) is 5.59. The van der Waals surface area contributed by atoms with E-state index in [1.165, 1.54) is 0 Å². The third-order valence-electron chi connectivity index (χ3n) is 3.75. The number of aryl methyl sites for hydroxylation is 1. The normalized spacial score (nSPS) is 10.7. The van der Waals surface area contributed by atoms with Crippen LogP contribution in [0.4, 0.5) is 17.3 Å². The second-order valence-corrected chi connectivity index (χ2v) is 6.85. The number of nitrogens with zero attached hydrogens (tertiary/aromatic N) is 2. The van der Waals surface area contributed by atoms with E-state index in [0.29, 0.717) is 12.4 Å². The van der Waals surface area contributed by atoms with Crippen molar-refractivity contribution >= 4 is 28.9 Å². The summed E-state index contributed by atoms with van der Waals surface area (Å²) in [5, 5.41) is 7.34. The Morgan fingerprint density at radius 3 is 2.41 bits per heavy atom. The number of hydrogen-bond acceptors (Lipinski definition) is 5. The lowest BCUT2D eigenvalue weighted by Gasteiger charge is -2.12. The molecule has 2 N–H and O–H groups in total. The minimum absolute atomic E-state index is 0.153. The van der Waals surface area contributed by atoms with Gasteiger partial charge in [0.05, 0.1) is 6.10 Å². The van der Waals surface area contributed by atoms with Gasteiger partial charge in [0.1, 0.15) is 23.2 Å². The SMILES string of the molecule is Cc1nc(NCc2ccccc2Cl)cc(Nc2ccc(OC(C)C)cc2)n1. The molecule has 2 aromatic carbocycles. The minimum atomic E-state index is 0.153. The summed E-state index contributed by atoms with van der Waals surface area (Å²) in [5.41, 5.74) is 1.95. The van der Waals surface area contributed by atoms with Crippen LogP contribution >= 0.6 is 11.6 Å². The van der Waals surface area contributed by atoms with Crippen LogP contribution in [0.2, 0.25) is 5.02 Å². The van der Waals surface area contributed by atoms with E-state index in [0.717, 1.165) is 33.7 Å². The molecule has 0 atom stereocenters. The maximum atomic E-state index is 6.21. The van der Waals surface area contributed by atoms with Gasteiger partial charge in [0.15, 0.2) is 0 Å². The molecule has 5 nitrogen and oxygen atoms in total. The van der Waals surface area contributed by atoms with E-state index in [9.17, 15) is 0 Å². The zero-order valence-corrected chi connectivity index (χ0v) is 16.4. The Balaban J connectivity index is 1.68. The van der Waals surface area contributed by atoms with E-state index in [-0.39, 0.29) is 6.10 Å². The van der Waals surface area contributed by atoms with Crippen molar-refractivity contribution in [2.45, 2.75) is 33.4 Å². The lowest BCUT2D eigenvalue weighted by Crippen LogP contribution is -2.06. The maximum absolute atomic E-state index is 6.21. The average molecular weight is 383 g/mol. The zero-order valence-electron chi connectivity index (χ0n) is 15.7. The van der Waals surface area contributed by atoms with Crippen LogP contribution in [0.15, 0.2) is 54.6 Å². The molecule has 0 fully saturated rings. The summed E-state index contributed by atoms with van der Waals surface area (Å²) in [4.78, 5) is 8.89.